The van der Waals surface area contributed by atoms with Crippen LogP contribution < -0.4 is 10.7 Å². The Hall–Kier alpha value is -2.53. The Morgan fingerprint density at radius 2 is 1.96 bits per heavy atom. The zero-order valence-electron chi connectivity index (χ0n) is 12.9. The number of aromatic hydroxyl groups is 1. The van der Waals surface area contributed by atoms with Crippen LogP contribution in [0, 0.1) is 6.92 Å². The normalized spacial score (nSPS) is 12.1. The lowest BCUT2D eigenvalue weighted by atomic mass is 10.2. The van der Waals surface area contributed by atoms with Crippen LogP contribution in [-0.2, 0) is 4.79 Å². The van der Waals surface area contributed by atoms with Crippen molar-refractivity contribution in [3.8, 4) is 5.75 Å². The Bertz CT molecular complexity index is 714. The van der Waals surface area contributed by atoms with Gasteiger partial charge in [-0.1, -0.05) is 29.3 Å². The number of aryl methyl sites for hydroxylation is 1. The second-order valence-corrected chi connectivity index (χ2v) is 5.61. The van der Waals surface area contributed by atoms with Crippen LogP contribution in [0.25, 0.3) is 0 Å². The largest absolute Gasteiger partial charge is 0.507 e. The van der Waals surface area contributed by atoms with Crippen molar-refractivity contribution in [3.05, 3.63) is 58.6 Å². The maximum absolute atomic E-state index is 12.0. The number of benzene rings is 2. The Kier molecular flexibility index (Phi) is 5.60. The molecule has 2 aromatic rings. The van der Waals surface area contributed by atoms with Gasteiger partial charge in [0.15, 0.2) is 0 Å². The molecule has 0 radical (unpaired) electrons. The van der Waals surface area contributed by atoms with Crippen LogP contribution in [0.1, 0.15) is 18.1 Å². The van der Waals surface area contributed by atoms with Crippen molar-refractivity contribution in [1.82, 2.24) is 5.43 Å². The predicted octanol–water partition coefficient (Wildman–Crippen LogP) is 3.30. The van der Waals surface area contributed by atoms with Crippen molar-refractivity contribution in [2.24, 2.45) is 5.10 Å². The fraction of sp³-hybridized carbons (Fsp3) is 0.176. The molecule has 6 heteroatoms. The third-order valence-electron chi connectivity index (χ3n) is 3.20. The second kappa shape index (κ2) is 7.65. The van der Waals surface area contributed by atoms with Gasteiger partial charge >= 0.3 is 0 Å². The van der Waals surface area contributed by atoms with E-state index in [1.54, 1.807) is 19.1 Å². The van der Waals surface area contributed by atoms with Gasteiger partial charge in [-0.3, -0.25) is 4.79 Å². The Morgan fingerprint density at radius 1 is 1.26 bits per heavy atom. The van der Waals surface area contributed by atoms with Crippen molar-refractivity contribution in [2.75, 3.05) is 5.32 Å². The molecule has 0 saturated heterocycles. The van der Waals surface area contributed by atoms with Crippen LogP contribution >= 0.6 is 11.6 Å². The van der Waals surface area contributed by atoms with Gasteiger partial charge in [-0.05, 0) is 44.2 Å². The van der Waals surface area contributed by atoms with Gasteiger partial charge in [0.25, 0.3) is 5.91 Å². The molecule has 0 aliphatic heterocycles. The van der Waals surface area contributed by atoms with Gasteiger partial charge in [-0.25, -0.2) is 5.43 Å². The number of nitrogens with one attached hydrogen (secondary N) is 2. The highest BCUT2D eigenvalue weighted by Crippen LogP contribution is 2.19. The topological polar surface area (TPSA) is 73.7 Å². The van der Waals surface area contributed by atoms with Gasteiger partial charge in [0.1, 0.15) is 11.8 Å². The van der Waals surface area contributed by atoms with E-state index in [-0.39, 0.29) is 11.7 Å². The van der Waals surface area contributed by atoms with E-state index in [0.29, 0.717) is 10.6 Å². The summed E-state index contributed by atoms with van der Waals surface area (Å²) in [4.78, 5) is 12.0. The van der Waals surface area contributed by atoms with E-state index in [1.165, 1.54) is 12.3 Å². The summed E-state index contributed by atoms with van der Waals surface area (Å²) in [5, 5.41) is 17.0. The van der Waals surface area contributed by atoms with Crippen molar-refractivity contribution >= 4 is 29.4 Å². The molecule has 0 heterocycles. The van der Waals surface area contributed by atoms with Gasteiger partial charge in [0, 0.05) is 16.3 Å². The predicted molar refractivity (Wildman–Crippen MR) is 93.1 cm³/mol. The average molecular weight is 332 g/mol. The van der Waals surface area contributed by atoms with E-state index in [1.807, 2.05) is 31.2 Å². The Balaban J connectivity index is 1.92. The molecule has 0 aromatic heterocycles. The molecule has 0 fully saturated rings. The molecule has 5 nitrogen and oxygen atoms in total. The number of phenols is 1. The number of carbonyl (C=O) groups excluding carboxylic acids is 1. The fourth-order valence-corrected chi connectivity index (χ4v) is 2.04. The highest BCUT2D eigenvalue weighted by molar-refractivity contribution is 6.30. The Morgan fingerprint density at radius 3 is 2.65 bits per heavy atom. The number of phenolic OH excluding ortho intramolecular Hbond substituents is 1. The van der Waals surface area contributed by atoms with Crippen LogP contribution in [-0.4, -0.2) is 23.3 Å². The van der Waals surface area contributed by atoms with Crippen molar-refractivity contribution in [2.45, 2.75) is 19.9 Å². The summed E-state index contributed by atoms with van der Waals surface area (Å²) in [5.41, 5.74) is 4.86. The first-order chi connectivity index (χ1) is 11.0. The minimum atomic E-state index is -0.456. The molecule has 1 atom stereocenters. The minimum absolute atomic E-state index is 0.0400. The number of hydrogen-bond donors (Lipinski definition) is 3. The highest BCUT2D eigenvalue weighted by Gasteiger charge is 2.11. The molecule has 3 N–H and O–H groups in total. The average Bonchev–Trinajstić information content (AvgIpc) is 2.52. The van der Waals surface area contributed by atoms with Crippen LogP contribution in [0.3, 0.4) is 0 Å². The first-order valence-electron chi connectivity index (χ1n) is 7.10. The third kappa shape index (κ3) is 5.00. The zero-order valence-corrected chi connectivity index (χ0v) is 13.6. The monoisotopic (exact) mass is 331 g/mol. The number of hydrazone groups is 1. The number of nitrogens with zero attached hydrogens (tertiary/aromatic N) is 1. The lowest BCUT2D eigenvalue weighted by Crippen LogP contribution is -2.34. The van der Waals surface area contributed by atoms with Gasteiger partial charge in [-0.15, -0.1) is 0 Å². The van der Waals surface area contributed by atoms with E-state index >= 15 is 0 Å². The summed E-state index contributed by atoms with van der Waals surface area (Å²) in [5.74, 6) is -0.249. The maximum Gasteiger partial charge on any atom is 0.262 e. The van der Waals surface area contributed by atoms with E-state index in [0.717, 1.165) is 11.3 Å². The summed E-state index contributed by atoms with van der Waals surface area (Å²) >= 11 is 5.84. The van der Waals surface area contributed by atoms with Crippen LogP contribution in [0.15, 0.2) is 47.6 Å². The summed E-state index contributed by atoms with van der Waals surface area (Å²) in [7, 11) is 0. The molecule has 23 heavy (non-hydrogen) atoms. The molecule has 2 rings (SSSR count). The number of halogens is 1. The summed E-state index contributed by atoms with van der Waals surface area (Å²) in [6.45, 7) is 3.74. The lowest BCUT2D eigenvalue weighted by Gasteiger charge is -2.13. The molecule has 0 unspecified atom stereocenters. The van der Waals surface area contributed by atoms with Gasteiger partial charge in [0.2, 0.25) is 0 Å². The molecule has 0 saturated carbocycles. The van der Waals surface area contributed by atoms with Crippen LogP contribution in [0.5, 0.6) is 5.75 Å². The molecule has 0 bridgehead atoms. The van der Waals surface area contributed by atoms with Crippen LogP contribution in [0.4, 0.5) is 5.69 Å². The molecular weight excluding hydrogens is 314 g/mol. The Labute approximate surface area is 140 Å². The van der Waals surface area contributed by atoms with Crippen molar-refractivity contribution in [1.29, 1.82) is 0 Å². The smallest absolute Gasteiger partial charge is 0.262 e. The van der Waals surface area contributed by atoms with E-state index < -0.39 is 6.04 Å². The highest BCUT2D eigenvalue weighted by atomic mass is 35.5. The van der Waals surface area contributed by atoms with E-state index in [4.69, 9.17) is 11.6 Å². The van der Waals surface area contributed by atoms with Crippen molar-refractivity contribution < 1.29 is 9.90 Å². The van der Waals surface area contributed by atoms with Crippen LogP contribution in [0.2, 0.25) is 5.02 Å². The number of carbonyl (C=O) groups is 1. The van der Waals surface area contributed by atoms with Gasteiger partial charge in [-0.2, -0.15) is 5.10 Å². The maximum atomic E-state index is 12.0. The first kappa shape index (κ1) is 16.8. The summed E-state index contributed by atoms with van der Waals surface area (Å²) < 4.78 is 0. The molecule has 1 amide bonds. The summed E-state index contributed by atoms with van der Waals surface area (Å²) in [6, 6.07) is 11.9. The number of amides is 1. The lowest BCUT2D eigenvalue weighted by molar-refractivity contribution is -0.121. The molecular formula is C17H18ClN3O2. The molecule has 2 aromatic carbocycles. The SMILES string of the molecule is Cc1ccc(N[C@H](C)C(=O)N/N=C\c2cc(Cl)ccc2O)cc1. The standard InChI is InChI=1S/C17H18ClN3O2/c1-11-3-6-15(7-4-11)20-12(2)17(23)21-19-10-13-9-14(18)5-8-16(13)22/h3-10,12,20,22H,1-2H3,(H,21,23)/b19-10-/t12-/m1/s1. The second-order valence-electron chi connectivity index (χ2n) is 5.17. The zero-order chi connectivity index (χ0) is 16.8. The molecule has 0 spiro atoms. The quantitative estimate of drug-likeness (QED) is 0.581. The number of rotatable bonds is 5. The molecule has 120 valence electrons. The minimum Gasteiger partial charge on any atom is -0.507 e. The first-order valence-corrected chi connectivity index (χ1v) is 7.48. The number of anilines is 1. The molecule has 0 aliphatic carbocycles. The number of hydrogen-bond acceptors (Lipinski definition) is 4. The fourth-order valence-electron chi connectivity index (χ4n) is 1.86. The van der Waals surface area contributed by atoms with Gasteiger partial charge < -0.3 is 10.4 Å². The van der Waals surface area contributed by atoms with E-state index in [9.17, 15) is 9.90 Å². The van der Waals surface area contributed by atoms with Crippen molar-refractivity contribution in [3.63, 3.8) is 0 Å². The molecule has 0 aliphatic rings. The third-order valence-corrected chi connectivity index (χ3v) is 3.43. The van der Waals surface area contributed by atoms with Gasteiger partial charge in [0.05, 0.1) is 6.21 Å². The summed E-state index contributed by atoms with van der Waals surface area (Å²) in [6.07, 6.45) is 1.34. The van der Waals surface area contributed by atoms with E-state index in [2.05, 4.69) is 15.8 Å².